The molecule has 0 fully saturated rings. The summed E-state index contributed by atoms with van der Waals surface area (Å²) in [6, 6.07) is 7.16. The van der Waals surface area contributed by atoms with Crippen LogP contribution in [0.1, 0.15) is 33.3 Å². The molecule has 0 radical (unpaired) electrons. The minimum absolute atomic E-state index is 0.206. The van der Waals surface area contributed by atoms with Crippen LogP contribution in [0.5, 0.6) is 0 Å². The van der Waals surface area contributed by atoms with E-state index in [1.165, 1.54) is 0 Å². The number of benzene rings is 1. The van der Waals surface area contributed by atoms with Crippen molar-refractivity contribution < 1.29 is 19.4 Å². The zero-order chi connectivity index (χ0) is 16.2. The molecule has 0 saturated heterocycles. The highest BCUT2D eigenvalue weighted by Crippen LogP contribution is 2.21. The number of aliphatic carboxylic acids is 1. The van der Waals surface area contributed by atoms with Crippen molar-refractivity contribution in [1.29, 1.82) is 0 Å². The van der Waals surface area contributed by atoms with E-state index >= 15 is 0 Å². The van der Waals surface area contributed by atoms with Crippen LogP contribution in [0.3, 0.4) is 0 Å². The van der Waals surface area contributed by atoms with Crippen LogP contribution >= 0.6 is 15.9 Å². The van der Waals surface area contributed by atoms with Gasteiger partial charge in [-0.05, 0) is 51.0 Å². The standard InChI is InChI=1S/C15H18BrNO4/c1-9(10-6-5-7-11(16)8-10)12(13(18)19)17-14(20)21-15(2,3)4/h5-8H,1-4H3,(H,17,20)(H,18,19)/b12-9+. The van der Waals surface area contributed by atoms with E-state index in [9.17, 15) is 14.7 Å². The monoisotopic (exact) mass is 355 g/mol. The number of carbonyl (C=O) groups is 2. The van der Waals surface area contributed by atoms with E-state index in [1.807, 2.05) is 6.07 Å². The molecule has 1 aromatic carbocycles. The molecule has 0 unspecified atom stereocenters. The number of carboxylic acids is 1. The van der Waals surface area contributed by atoms with E-state index in [4.69, 9.17) is 4.74 Å². The summed E-state index contributed by atoms with van der Waals surface area (Å²) in [5.74, 6) is -1.22. The fourth-order valence-corrected chi connectivity index (χ4v) is 1.98. The summed E-state index contributed by atoms with van der Waals surface area (Å²) >= 11 is 3.33. The second kappa shape index (κ2) is 6.76. The van der Waals surface area contributed by atoms with Crippen molar-refractivity contribution in [2.24, 2.45) is 0 Å². The molecular weight excluding hydrogens is 338 g/mol. The molecule has 0 aromatic heterocycles. The maximum Gasteiger partial charge on any atom is 0.412 e. The Labute approximate surface area is 132 Å². The Bertz CT molecular complexity index is 588. The summed E-state index contributed by atoms with van der Waals surface area (Å²) in [6.45, 7) is 6.75. The van der Waals surface area contributed by atoms with Crippen molar-refractivity contribution in [3.05, 3.63) is 40.0 Å². The third kappa shape index (κ3) is 5.59. The predicted octanol–water partition coefficient (Wildman–Crippen LogP) is 3.79. The number of alkyl carbamates (subject to hydrolysis) is 1. The number of hydrogen-bond donors (Lipinski definition) is 2. The van der Waals surface area contributed by atoms with E-state index in [-0.39, 0.29) is 5.70 Å². The number of amides is 1. The zero-order valence-corrected chi connectivity index (χ0v) is 13.9. The first-order valence-electron chi connectivity index (χ1n) is 6.30. The van der Waals surface area contributed by atoms with Gasteiger partial charge in [0.25, 0.3) is 0 Å². The van der Waals surface area contributed by atoms with Gasteiger partial charge in [-0.1, -0.05) is 28.1 Å². The molecule has 0 atom stereocenters. The second-order valence-corrected chi connectivity index (χ2v) is 6.36. The van der Waals surface area contributed by atoms with Crippen LogP contribution in [0, 0.1) is 0 Å². The lowest BCUT2D eigenvalue weighted by atomic mass is 10.1. The molecule has 114 valence electrons. The largest absolute Gasteiger partial charge is 0.477 e. The number of rotatable bonds is 3. The molecule has 1 amide bonds. The van der Waals surface area contributed by atoms with Gasteiger partial charge in [0.2, 0.25) is 0 Å². The number of carbonyl (C=O) groups excluding carboxylic acids is 1. The van der Waals surface area contributed by atoms with Crippen molar-refractivity contribution >= 4 is 33.6 Å². The summed E-state index contributed by atoms with van der Waals surface area (Å²) in [7, 11) is 0. The highest BCUT2D eigenvalue weighted by Gasteiger charge is 2.21. The number of halogens is 1. The lowest BCUT2D eigenvalue weighted by molar-refractivity contribution is -0.133. The van der Waals surface area contributed by atoms with Gasteiger partial charge in [-0.15, -0.1) is 0 Å². The van der Waals surface area contributed by atoms with Gasteiger partial charge >= 0.3 is 12.1 Å². The number of nitrogens with one attached hydrogen (secondary N) is 1. The van der Waals surface area contributed by atoms with Crippen molar-refractivity contribution in [3.8, 4) is 0 Å². The van der Waals surface area contributed by atoms with E-state index < -0.39 is 17.7 Å². The van der Waals surface area contributed by atoms with Crippen LogP contribution in [0.4, 0.5) is 4.79 Å². The Kier molecular flexibility index (Phi) is 5.54. The van der Waals surface area contributed by atoms with Crippen molar-refractivity contribution in [1.82, 2.24) is 5.32 Å². The van der Waals surface area contributed by atoms with Gasteiger partial charge in [0.15, 0.2) is 0 Å². The highest BCUT2D eigenvalue weighted by molar-refractivity contribution is 9.10. The van der Waals surface area contributed by atoms with Gasteiger partial charge in [0, 0.05) is 4.47 Å². The fourth-order valence-electron chi connectivity index (χ4n) is 1.58. The maximum absolute atomic E-state index is 11.7. The van der Waals surface area contributed by atoms with Gasteiger partial charge in [-0.2, -0.15) is 0 Å². The molecule has 0 aliphatic carbocycles. The average molecular weight is 356 g/mol. The second-order valence-electron chi connectivity index (χ2n) is 5.44. The Morgan fingerprint density at radius 3 is 2.38 bits per heavy atom. The first-order valence-corrected chi connectivity index (χ1v) is 7.09. The highest BCUT2D eigenvalue weighted by atomic mass is 79.9. The SMILES string of the molecule is C/C(=C(\NC(=O)OC(C)(C)C)C(=O)O)c1cccc(Br)c1. The first kappa shape index (κ1) is 17.2. The van der Waals surface area contributed by atoms with E-state index in [2.05, 4.69) is 21.2 Å². The van der Waals surface area contributed by atoms with Gasteiger partial charge in [-0.25, -0.2) is 9.59 Å². The molecule has 0 heterocycles. The summed E-state index contributed by atoms with van der Waals surface area (Å²) in [6.07, 6.45) is -0.797. The molecule has 1 aromatic rings. The average Bonchev–Trinajstić information content (AvgIpc) is 2.32. The summed E-state index contributed by atoms with van der Waals surface area (Å²) < 4.78 is 5.89. The van der Waals surface area contributed by atoms with E-state index in [1.54, 1.807) is 45.9 Å². The minimum atomic E-state index is -1.22. The van der Waals surface area contributed by atoms with E-state index in [0.717, 1.165) is 4.47 Å². The smallest absolute Gasteiger partial charge is 0.412 e. The van der Waals surface area contributed by atoms with Crippen molar-refractivity contribution in [2.45, 2.75) is 33.3 Å². The maximum atomic E-state index is 11.7. The molecule has 0 aliphatic rings. The van der Waals surface area contributed by atoms with Crippen LogP contribution in [0.2, 0.25) is 0 Å². The number of hydrogen-bond acceptors (Lipinski definition) is 3. The van der Waals surface area contributed by atoms with Crippen LogP contribution in [0.15, 0.2) is 34.4 Å². The Morgan fingerprint density at radius 2 is 1.90 bits per heavy atom. The van der Waals surface area contributed by atoms with Gasteiger partial charge < -0.3 is 9.84 Å². The minimum Gasteiger partial charge on any atom is -0.477 e. The van der Waals surface area contributed by atoms with Gasteiger partial charge in [-0.3, -0.25) is 5.32 Å². The lowest BCUT2D eigenvalue weighted by Gasteiger charge is -2.20. The topological polar surface area (TPSA) is 75.6 Å². The third-order valence-corrected chi connectivity index (χ3v) is 2.97. The Hall–Kier alpha value is -1.82. The lowest BCUT2D eigenvalue weighted by Crippen LogP contribution is -2.34. The third-order valence-electron chi connectivity index (χ3n) is 2.47. The molecule has 0 saturated carbocycles. The quantitative estimate of drug-likeness (QED) is 0.808. The number of carboxylic acid groups (broad SMARTS) is 1. The molecule has 6 heteroatoms. The number of ether oxygens (including phenoxy) is 1. The molecule has 1 rings (SSSR count). The molecule has 5 nitrogen and oxygen atoms in total. The molecule has 2 N–H and O–H groups in total. The van der Waals surface area contributed by atoms with Crippen LogP contribution in [-0.2, 0) is 9.53 Å². The summed E-state index contributed by atoms with van der Waals surface area (Å²) in [5.41, 5.74) is 0.229. The van der Waals surface area contributed by atoms with Crippen LogP contribution in [0.25, 0.3) is 5.57 Å². The fraction of sp³-hybridized carbons (Fsp3) is 0.333. The molecular formula is C15H18BrNO4. The predicted molar refractivity (Wildman–Crippen MR) is 83.7 cm³/mol. The number of allylic oxidation sites excluding steroid dienone is 1. The van der Waals surface area contributed by atoms with Gasteiger partial charge in [0.1, 0.15) is 11.3 Å². The molecule has 0 aliphatic heterocycles. The van der Waals surface area contributed by atoms with Crippen molar-refractivity contribution in [3.63, 3.8) is 0 Å². The Morgan fingerprint density at radius 1 is 1.29 bits per heavy atom. The summed E-state index contributed by atoms with van der Waals surface area (Å²) in [5, 5.41) is 11.6. The van der Waals surface area contributed by atoms with Crippen molar-refractivity contribution in [2.75, 3.05) is 0 Å². The normalized spacial score (nSPS) is 12.4. The molecule has 21 heavy (non-hydrogen) atoms. The van der Waals surface area contributed by atoms with Crippen LogP contribution < -0.4 is 5.32 Å². The molecule has 0 bridgehead atoms. The van der Waals surface area contributed by atoms with Crippen LogP contribution in [-0.4, -0.2) is 22.8 Å². The van der Waals surface area contributed by atoms with E-state index in [0.29, 0.717) is 11.1 Å². The van der Waals surface area contributed by atoms with Gasteiger partial charge in [0.05, 0.1) is 0 Å². The Balaban J connectivity index is 3.08. The molecule has 0 spiro atoms. The zero-order valence-electron chi connectivity index (χ0n) is 12.4. The first-order chi connectivity index (χ1) is 9.60. The summed E-state index contributed by atoms with van der Waals surface area (Å²) in [4.78, 5) is 23.1.